The van der Waals surface area contributed by atoms with Gasteiger partial charge in [0.05, 0.1) is 0 Å². The molecular weight excluding hydrogens is 361 g/mol. The Morgan fingerprint density at radius 1 is 1.25 bits per heavy atom. The molecule has 0 spiro atoms. The van der Waals surface area contributed by atoms with E-state index < -0.39 is 0 Å². The number of hydrogen-bond acceptors (Lipinski definition) is 1. The van der Waals surface area contributed by atoms with Crippen LogP contribution in [0.4, 0.5) is 5.69 Å². The molecule has 4 heteroatoms. The Hall–Kier alpha value is -0.780. The van der Waals surface area contributed by atoms with Crippen LogP contribution in [0.15, 0.2) is 29.3 Å². The summed E-state index contributed by atoms with van der Waals surface area (Å²) in [4.78, 5) is 4.51. The number of rotatable bonds is 5. The van der Waals surface area contributed by atoms with E-state index in [0.29, 0.717) is 11.4 Å². The lowest BCUT2D eigenvalue weighted by Gasteiger charge is -2.40. The van der Waals surface area contributed by atoms with Crippen molar-refractivity contribution < 1.29 is 0 Å². The standard InChI is InChI=1S/C16H25N3.HI/c1-3-13-6-8-14(9-7-13)19-15(17)18-12-16(4-2)10-5-11-16;/h6-9H,3-5,10-12H2,1-2H3,(H3,17,18,19);1H. The summed E-state index contributed by atoms with van der Waals surface area (Å²) in [6.45, 7) is 5.26. The highest BCUT2D eigenvalue weighted by molar-refractivity contribution is 14.0. The minimum absolute atomic E-state index is 0. The fourth-order valence-electron chi connectivity index (χ4n) is 2.56. The monoisotopic (exact) mass is 387 g/mol. The second-order valence-electron chi connectivity index (χ2n) is 5.58. The van der Waals surface area contributed by atoms with E-state index in [0.717, 1.165) is 18.7 Å². The minimum Gasteiger partial charge on any atom is -0.370 e. The van der Waals surface area contributed by atoms with Gasteiger partial charge in [-0.1, -0.05) is 32.4 Å². The SMILES string of the molecule is CCc1ccc(NC(N)=NCC2(CC)CCC2)cc1.I. The molecule has 0 aliphatic heterocycles. The number of aryl methyl sites for hydroxylation is 1. The summed E-state index contributed by atoms with van der Waals surface area (Å²) in [7, 11) is 0. The molecule has 0 aromatic heterocycles. The molecule has 0 unspecified atom stereocenters. The molecule has 0 amide bonds. The minimum atomic E-state index is 0. The second-order valence-corrected chi connectivity index (χ2v) is 5.58. The largest absolute Gasteiger partial charge is 0.370 e. The zero-order valence-electron chi connectivity index (χ0n) is 12.5. The smallest absolute Gasteiger partial charge is 0.193 e. The van der Waals surface area contributed by atoms with Gasteiger partial charge in [-0.2, -0.15) is 0 Å². The van der Waals surface area contributed by atoms with Crippen LogP contribution in [0.1, 0.15) is 45.1 Å². The quantitative estimate of drug-likeness (QED) is 0.453. The Balaban J connectivity index is 0.00000200. The Morgan fingerprint density at radius 2 is 1.90 bits per heavy atom. The molecule has 1 saturated carbocycles. The normalized spacial score (nSPS) is 17.0. The van der Waals surface area contributed by atoms with Crippen molar-refractivity contribution in [2.75, 3.05) is 11.9 Å². The third-order valence-electron chi connectivity index (χ3n) is 4.38. The number of aliphatic imine (C=N–C) groups is 1. The van der Waals surface area contributed by atoms with Crippen molar-refractivity contribution in [2.24, 2.45) is 16.1 Å². The van der Waals surface area contributed by atoms with Crippen LogP contribution in [-0.4, -0.2) is 12.5 Å². The first kappa shape index (κ1) is 17.3. The van der Waals surface area contributed by atoms with Gasteiger partial charge in [0, 0.05) is 12.2 Å². The Morgan fingerprint density at radius 3 is 2.35 bits per heavy atom. The van der Waals surface area contributed by atoms with Crippen LogP contribution in [0.25, 0.3) is 0 Å². The predicted octanol–water partition coefficient (Wildman–Crippen LogP) is 4.17. The topological polar surface area (TPSA) is 50.4 Å². The van der Waals surface area contributed by atoms with E-state index in [2.05, 4.69) is 48.4 Å². The van der Waals surface area contributed by atoms with Crippen molar-refractivity contribution in [3.05, 3.63) is 29.8 Å². The molecule has 1 aliphatic rings. The van der Waals surface area contributed by atoms with Crippen LogP contribution < -0.4 is 11.1 Å². The maximum absolute atomic E-state index is 5.96. The zero-order chi connectivity index (χ0) is 13.7. The number of nitrogens with one attached hydrogen (secondary N) is 1. The molecule has 20 heavy (non-hydrogen) atoms. The van der Waals surface area contributed by atoms with E-state index in [1.54, 1.807) is 0 Å². The van der Waals surface area contributed by atoms with Gasteiger partial charge >= 0.3 is 0 Å². The highest BCUT2D eigenvalue weighted by atomic mass is 127. The van der Waals surface area contributed by atoms with Crippen LogP contribution in [0.3, 0.4) is 0 Å². The van der Waals surface area contributed by atoms with Gasteiger partial charge in [-0.15, -0.1) is 24.0 Å². The van der Waals surface area contributed by atoms with E-state index in [1.165, 1.54) is 31.2 Å². The summed E-state index contributed by atoms with van der Waals surface area (Å²) < 4.78 is 0. The molecule has 1 aromatic rings. The Kier molecular flexibility index (Phi) is 6.79. The first-order chi connectivity index (χ1) is 9.17. The van der Waals surface area contributed by atoms with E-state index in [9.17, 15) is 0 Å². The molecular formula is C16H26IN3. The van der Waals surface area contributed by atoms with Gasteiger partial charge in [0.15, 0.2) is 5.96 Å². The molecule has 0 radical (unpaired) electrons. The molecule has 1 aliphatic carbocycles. The van der Waals surface area contributed by atoms with Crippen molar-refractivity contribution in [3.8, 4) is 0 Å². The van der Waals surface area contributed by atoms with Gasteiger partial charge in [0.1, 0.15) is 0 Å². The van der Waals surface area contributed by atoms with Crippen molar-refractivity contribution in [3.63, 3.8) is 0 Å². The van der Waals surface area contributed by atoms with Crippen LogP contribution >= 0.6 is 24.0 Å². The van der Waals surface area contributed by atoms with Crippen molar-refractivity contribution >= 4 is 35.6 Å². The molecule has 0 heterocycles. The lowest BCUT2D eigenvalue weighted by molar-refractivity contribution is 0.139. The average Bonchev–Trinajstić information content (AvgIpc) is 2.39. The van der Waals surface area contributed by atoms with Crippen LogP contribution in [0.5, 0.6) is 0 Å². The van der Waals surface area contributed by atoms with Crippen molar-refractivity contribution in [1.82, 2.24) is 0 Å². The fourth-order valence-corrected chi connectivity index (χ4v) is 2.56. The molecule has 0 bridgehead atoms. The van der Waals surface area contributed by atoms with E-state index >= 15 is 0 Å². The van der Waals surface area contributed by atoms with Gasteiger partial charge in [0.2, 0.25) is 0 Å². The highest BCUT2D eigenvalue weighted by Crippen LogP contribution is 2.43. The first-order valence-corrected chi connectivity index (χ1v) is 7.33. The number of anilines is 1. The summed E-state index contributed by atoms with van der Waals surface area (Å²) in [6, 6.07) is 8.35. The number of halogens is 1. The van der Waals surface area contributed by atoms with Crippen molar-refractivity contribution in [1.29, 1.82) is 0 Å². The first-order valence-electron chi connectivity index (χ1n) is 7.33. The summed E-state index contributed by atoms with van der Waals surface area (Å²) in [5, 5.41) is 3.17. The van der Waals surface area contributed by atoms with Gasteiger partial charge in [-0.25, -0.2) is 0 Å². The summed E-state index contributed by atoms with van der Waals surface area (Å²) in [6.07, 6.45) is 6.20. The summed E-state index contributed by atoms with van der Waals surface area (Å²) in [5.41, 5.74) is 8.73. The number of nitrogens with two attached hydrogens (primary N) is 1. The average molecular weight is 387 g/mol. The van der Waals surface area contributed by atoms with Gasteiger partial charge in [-0.3, -0.25) is 4.99 Å². The molecule has 2 rings (SSSR count). The van der Waals surface area contributed by atoms with Gasteiger partial charge in [-0.05, 0) is 48.8 Å². The van der Waals surface area contributed by atoms with Crippen LogP contribution in [0.2, 0.25) is 0 Å². The maximum Gasteiger partial charge on any atom is 0.193 e. The third kappa shape index (κ3) is 4.36. The number of benzene rings is 1. The van der Waals surface area contributed by atoms with E-state index in [1.807, 2.05) is 0 Å². The molecule has 0 atom stereocenters. The Labute approximate surface area is 139 Å². The van der Waals surface area contributed by atoms with Crippen LogP contribution in [-0.2, 0) is 6.42 Å². The lowest BCUT2D eigenvalue weighted by Crippen LogP contribution is -2.33. The summed E-state index contributed by atoms with van der Waals surface area (Å²) >= 11 is 0. The van der Waals surface area contributed by atoms with Crippen molar-refractivity contribution in [2.45, 2.75) is 46.0 Å². The lowest BCUT2D eigenvalue weighted by atomic mass is 9.67. The highest BCUT2D eigenvalue weighted by Gasteiger charge is 2.34. The Bertz CT molecular complexity index is 430. The van der Waals surface area contributed by atoms with Gasteiger partial charge < -0.3 is 11.1 Å². The molecule has 3 N–H and O–H groups in total. The molecule has 1 fully saturated rings. The molecule has 3 nitrogen and oxygen atoms in total. The number of hydrogen-bond donors (Lipinski definition) is 2. The number of guanidine groups is 1. The second kappa shape index (κ2) is 7.86. The fraction of sp³-hybridized carbons (Fsp3) is 0.562. The maximum atomic E-state index is 5.96. The third-order valence-corrected chi connectivity index (χ3v) is 4.38. The van der Waals surface area contributed by atoms with Gasteiger partial charge in [0.25, 0.3) is 0 Å². The molecule has 112 valence electrons. The van der Waals surface area contributed by atoms with Crippen LogP contribution in [0, 0.1) is 5.41 Å². The molecule has 1 aromatic carbocycles. The van der Waals surface area contributed by atoms with E-state index in [-0.39, 0.29) is 24.0 Å². The predicted molar refractivity (Wildman–Crippen MR) is 97.9 cm³/mol. The zero-order valence-corrected chi connectivity index (χ0v) is 14.8. The number of nitrogens with zero attached hydrogens (tertiary/aromatic N) is 1. The van der Waals surface area contributed by atoms with E-state index in [4.69, 9.17) is 5.73 Å². The molecule has 0 saturated heterocycles. The summed E-state index contributed by atoms with van der Waals surface area (Å²) in [5.74, 6) is 0.531.